The number of aliphatic imine (C=N–C) groups is 1. The van der Waals surface area contributed by atoms with Crippen LogP contribution in [-0.2, 0) is 9.53 Å². The van der Waals surface area contributed by atoms with E-state index in [9.17, 15) is 4.79 Å². The van der Waals surface area contributed by atoms with E-state index in [1.54, 1.807) is 0 Å². The second kappa shape index (κ2) is 2.30. The van der Waals surface area contributed by atoms with E-state index in [4.69, 9.17) is 5.11 Å². The standard InChI is InChI=1S/C5H5NO3/c7-5(8)4-1-2-9-3-6-4/h1,3H,2H2,(H,7,8). The lowest BCUT2D eigenvalue weighted by Gasteiger charge is -2.00. The number of rotatable bonds is 1. The van der Waals surface area contributed by atoms with Crippen LogP contribution in [-0.4, -0.2) is 24.1 Å². The number of hydrogen-bond donors (Lipinski definition) is 1. The van der Waals surface area contributed by atoms with Gasteiger partial charge in [0.25, 0.3) is 0 Å². The van der Waals surface area contributed by atoms with E-state index in [1.165, 1.54) is 6.08 Å². The van der Waals surface area contributed by atoms with Crippen molar-refractivity contribution in [3.8, 4) is 0 Å². The first-order valence-electron chi connectivity index (χ1n) is 2.38. The molecule has 4 nitrogen and oxygen atoms in total. The molecule has 0 fully saturated rings. The van der Waals surface area contributed by atoms with E-state index in [2.05, 4.69) is 9.73 Å². The smallest absolute Gasteiger partial charge is 0.354 e. The van der Waals surface area contributed by atoms with Crippen LogP contribution >= 0.6 is 0 Å². The molecule has 0 aromatic rings. The second-order valence-electron chi connectivity index (χ2n) is 1.46. The third kappa shape index (κ3) is 1.28. The van der Waals surface area contributed by atoms with Crippen molar-refractivity contribution >= 4 is 12.4 Å². The topological polar surface area (TPSA) is 58.9 Å². The van der Waals surface area contributed by atoms with Crippen LogP contribution in [0.25, 0.3) is 0 Å². The lowest BCUT2D eigenvalue weighted by atomic mass is 10.4. The number of nitrogens with zero attached hydrogens (tertiary/aromatic N) is 1. The van der Waals surface area contributed by atoms with Crippen molar-refractivity contribution in [3.05, 3.63) is 11.8 Å². The van der Waals surface area contributed by atoms with Crippen molar-refractivity contribution < 1.29 is 14.6 Å². The molecule has 0 spiro atoms. The summed E-state index contributed by atoms with van der Waals surface area (Å²) in [6.45, 7) is 0.297. The van der Waals surface area contributed by atoms with E-state index < -0.39 is 5.97 Å². The van der Waals surface area contributed by atoms with Crippen LogP contribution in [0.4, 0.5) is 0 Å². The highest BCUT2D eigenvalue weighted by Gasteiger charge is 2.05. The van der Waals surface area contributed by atoms with Gasteiger partial charge >= 0.3 is 5.97 Å². The monoisotopic (exact) mass is 127 g/mol. The zero-order valence-electron chi connectivity index (χ0n) is 4.57. The van der Waals surface area contributed by atoms with Gasteiger partial charge in [0.05, 0.1) is 0 Å². The average Bonchev–Trinajstić information content (AvgIpc) is 1.90. The fourth-order valence-electron chi connectivity index (χ4n) is 0.459. The minimum Gasteiger partial charge on any atom is -0.479 e. The Kier molecular flexibility index (Phi) is 1.48. The van der Waals surface area contributed by atoms with E-state index in [1.807, 2.05) is 0 Å². The molecule has 0 saturated carbocycles. The van der Waals surface area contributed by atoms with Gasteiger partial charge in [-0.3, -0.25) is 0 Å². The molecule has 0 unspecified atom stereocenters. The Morgan fingerprint density at radius 1 is 1.89 bits per heavy atom. The van der Waals surface area contributed by atoms with E-state index in [0.29, 0.717) is 6.61 Å². The van der Waals surface area contributed by atoms with E-state index >= 15 is 0 Å². The Morgan fingerprint density at radius 2 is 2.67 bits per heavy atom. The van der Waals surface area contributed by atoms with Crippen molar-refractivity contribution in [2.75, 3.05) is 6.61 Å². The summed E-state index contributed by atoms with van der Waals surface area (Å²) in [4.78, 5) is 13.6. The van der Waals surface area contributed by atoms with E-state index in [-0.39, 0.29) is 5.70 Å². The van der Waals surface area contributed by atoms with Gasteiger partial charge in [0, 0.05) is 0 Å². The normalized spacial score (nSPS) is 16.2. The van der Waals surface area contributed by atoms with Gasteiger partial charge in [-0.15, -0.1) is 0 Å². The molecule has 48 valence electrons. The molecule has 1 aliphatic rings. The number of ether oxygens (including phenoxy) is 1. The van der Waals surface area contributed by atoms with Crippen LogP contribution in [0.2, 0.25) is 0 Å². The minimum absolute atomic E-state index is 0.0428. The number of aliphatic carboxylic acids is 1. The largest absolute Gasteiger partial charge is 0.479 e. The molecule has 1 rings (SSSR count). The Bertz CT molecular complexity index is 183. The molecule has 0 saturated heterocycles. The summed E-state index contributed by atoms with van der Waals surface area (Å²) >= 11 is 0. The molecule has 4 heteroatoms. The summed E-state index contributed by atoms with van der Waals surface area (Å²) in [6, 6.07) is 0. The fraction of sp³-hybridized carbons (Fsp3) is 0.200. The summed E-state index contributed by atoms with van der Waals surface area (Å²) in [7, 11) is 0. The van der Waals surface area contributed by atoms with Crippen LogP contribution < -0.4 is 0 Å². The quantitative estimate of drug-likeness (QED) is 0.539. The van der Waals surface area contributed by atoms with Crippen LogP contribution in [0.5, 0.6) is 0 Å². The molecule has 1 heterocycles. The van der Waals surface area contributed by atoms with Crippen molar-refractivity contribution in [2.45, 2.75) is 0 Å². The first kappa shape index (κ1) is 5.81. The van der Waals surface area contributed by atoms with Gasteiger partial charge in [0.15, 0.2) is 12.1 Å². The number of carbonyl (C=O) groups is 1. The zero-order valence-corrected chi connectivity index (χ0v) is 4.57. The molecule has 0 radical (unpaired) electrons. The molecule has 0 aromatic heterocycles. The highest BCUT2D eigenvalue weighted by Crippen LogP contribution is 1.99. The summed E-state index contributed by atoms with van der Waals surface area (Å²) in [6.07, 6.45) is 2.53. The fourth-order valence-corrected chi connectivity index (χ4v) is 0.459. The van der Waals surface area contributed by atoms with Gasteiger partial charge in [-0.1, -0.05) is 0 Å². The molecule has 0 aliphatic carbocycles. The van der Waals surface area contributed by atoms with Crippen molar-refractivity contribution in [1.29, 1.82) is 0 Å². The lowest BCUT2D eigenvalue weighted by molar-refractivity contribution is -0.132. The highest BCUT2D eigenvalue weighted by molar-refractivity contribution is 5.88. The minimum atomic E-state index is -1.02. The molecular weight excluding hydrogens is 122 g/mol. The summed E-state index contributed by atoms with van der Waals surface area (Å²) < 4.78 is 4.62. The first-order chi connectivity index (χ1) is 4.30. The number of hydrogen-bond acceptors (Lipinski definition) is 3. The van der Waals surface area contributed by atoms with Crippen LogP contribution in [0.3, 0.4) is 0 Å². The number of carboxylic acid groups (broad SMARTS) is 1. The molecule has 0 atom stereocenters. The van der Waals surface area contributed by atoms with Gasteiger partial charge < -0.3 is 9.84 Å². The third-order valence-electron chi connectivity index (χ3n) is 0.858. The summed E-state index contributed by atoms with van der Waals surface area (Å²) in [5.74, 6) is -1.02. The SMILES string of the molecule is O=C(O)C1=CCOC=N1. The predicted molar refractivity (Wildman–Crippen MR) is 30.2 cm³/mol. The Morgan fingerprint density at radius 3 is 3.00 bits per heavy atom. The third-order valence-corrected chi connectivity index (χ3v) is 0.858. The van der Waals surface area contributed by atoms with Crippen molar-refractivity contribution in [2.24, 2.45) is 4.99 Å². The molecular formula is C5H5NO3. The van der Waals surface area contributed by atoms with Gasteiger partial charge in [0.2, 0.25) is 0 Å². The maximum absolute atomic E-state index is 10.1. The van der Waals surface area contributed by atoms with Gasteiger partial charge in [-0.25, -0.2) is 9.79 Å². The van der Waals surface area contributed by atoms with Gasteiger partial charge in [-0.05, 0) is 6.08 Å². The maximum Gasteiger partial charge on any atom is 0.354 e. The molecule has 9 heavy (non-hydrogen) atoms. The van der Waals surface area contributed by atoms with Crippen molar-refractivity contribution in [3.63, 3.8) is 0 Å². The highest BCUT2D eigenvalue weighted by atomic mass is 16.5. The zero-order chi connectivity index (χ0) is 6.69. The lowest BCUT2D eigenvalue weighted by Crippen LogP contribution is -2.04. The maximum atomic E-state index is 10.1. The molecule has 0 aromatic carbocycles. The van der Waals surface area contributed by atoms with Crippen LogP contribution in [0.1, 0.15) is 0 Å². The van der Waals surface area contributed by atoms with Gasteiger partial charge in [0.1, 0.15) is 6.61 Å². The summed E-state index contributed by atoms with van der Waals surface area (Å²) in [5, 5.41) is 8.30. The molecule has 1 N–H and O–H groups in total. The molecule has 0 amide bonds. The van der Waals surface area contributed by atoms with Crippen LogP contribution in [0.15, 0.2) is 16.8 Å². The Balaban J connectivity index is 2.69. The molecule has 1 aliphatic heterocycles. The van der Waals surface area contributed by atoms with Crippen molar-refractivity contribution in [1.82, 2.24) is 0 Å². The second-order valence-corrected chi connectivity index (χ2v) is 1.46. The summed E-state index contributed by atoms with van der Waals surface area (Å²) in [5.41, 5.74) is 0.0428. The predicted octanol–water partition coefficient (Wildman–Crippen LogP) is 0.0134. The Hall–Kier alpha value is -1.32. The Labute approximate surface area is 51.5 Å². The van der Waals surface area contributed by atoms with Gasteiger partial charge in [-0.2, -0.15) is 0 Å². The average molecular weight is 127 g/mol. The number of carboxylic acids is 1. The first-order valence-corrected chi connectivity index (χ1v) is 2.38. The van der Waals surface area contributed by atoms with E-state index in [0.717, 1.165) is 6.40 Å². The van der Waals surface area contributed by atoms with Crippen LogP contribution in [0, 0.1) is 0 Å². The molecule has 0 bridgehead atoms.